The first kappa shape index (κ1) is 17.6. The maximum atomic E-state index is 10.7. The molecule has 0 amide bonds. The number of carbonyl (C=O) groups is 1. The lowest BCUT2D eigenvalue weighted by Crippen LogP contribution is -2.01. The molecule has 0 aromatic rings. The summed E-state index contributed by atoms with van der Waals surface area (Å²) in [7, 11) is 0. The molecule has 0 atom stereocenters. The lowest BCUT2D eigenvalue weighted by Gasteiger charge is -2.03. The molecule has 0 unspecified atom stereocenters. The van der Waals surface area contributed by atoms with Gasteiger partial charge in [0.15, 0.2) is 0 Å². The van der Waals surface area contributed by atoms with Gasteiger partial charge in [0.1, 0.15) is 0 Å². The monoisotopic (exact) mass is 267 g/mol. The van der Waals surface area contributed by atoms with Gasteiger partial charge in [-0.2, -0.15) is 0 Å². The summed E-state index contributed by atoms with van der Waals surface area (Å²) in [5.74, 6) is -0.334. The zero-order chi connectivity index (χ0) is 14.2. The smallest absolute Gasteiger partial charge is 0.330 e. The van der Waals surface area contributed by atoms with E-state index in [1.54, 1.807) is 6.08 Å². The molecule has 0 spiro atoms. The summed E-state index contributed by atoms with van der Waals surface area (Å²) in [6.07, 6.45) is 13.1. The predicted octanol–water partition coefficient (Wildman–Crippen LogP) is 3.56. The second-order valence-corrected chi connectivity index (χ2v) is 4.53. The molecule has 4 heteroatoms. The quantitative estimate of drug-likeness (QED) is 0.168. The Bertz CT molecular complexity index is 283. The highest BCUT2D eigenvalue weighted by atomic mass is 16.5. The van der Waals surface area contributed by atoms with Gasteiger partial charge in [0.05, 0.1) is 13.2 Å². The van der Waals surface area contributed by atoms with E-state index in [0.29, 0.717) is 13.2 Å². The van der Waals surface area contributed by atoms with Crippen LogP contribution >= 0.6 is 0 Å². The minimum Gasteiger partial charge on any atom is -0.463 e. The van der Waals surface area contributed by atoms with Crippen molar-refractivity contribution in [2.24, 2.45) is 4.99 Å². The SMILES string of the molecule is C=CC(=O)OCCCCCCCCCCCN=C=O. The van der Waals surface area contributed by atoms with Crippen LogP contribution in [0, 0.1) is 0 Å². The van der Waals surface area contributed by atoms with Crippen LogP contribution in [-0.2, 0) is 14.3 Å². The Morgan fingerprint density at radius 2 is 1.53 bits per heavy atom. The second kappa shape index (κ2) is 14.7. The summed E-state index contributed by atoms with van der Waals surface area (Å²) in [6.45, 7) is 4.46. The number of aliphatic imine (C=N–C) groups is 1. The molecule has 0 heterocycles. The minimum absolute atomic E-state index is 0.334. The van der Waals surface area contributed by atoms with Crippen LogP contribution in [0.15, 0.2) is 17.6 Å². The molecule has 108 valence electrons. The van der Waals surface area contributed by atoms with Gasteiger partial charge in [0.2, 0.25) is 6.08 Å². The molecule has 19 heavy (non-hydrogen) atoms. The van der Waals surface area contributed by atoms with E-state index in [0.717, 1.165) is 25.7 Å². The fourth-order valence-electron chi connectivity index (χ4n) is 1.81. The zero-order valence-corrected chi connectivity index (χ0v) is 11.7. The number of carbonyl (C=O) groups excluding carboxylic acids is 2. The van der Waals surface area contributed by atoms with E-state index in [1.807, 2.05) is 0 Å². The predicted molar refractivity (Wildman–Crippen MR) is 75.7 cm³/mol. The Balaban J connectivity index is 3.04. The third-order valence-corrected chi connectivity index (χ3v) is 2.89. The topological polar surface area (TPSA) is 55.7 Å². The molecule has 0 aromatic heterocycles. The van der Waals surface area contributed by atoms with Gasteiger partial charge in [-0.3, -0.25) is 0 Å². The Labute approximate surface area is 115 Å². The van der Waals surface area contributed by atoms with Crippen molar-refractivity contribution in [1.82, 2.24) is 0 Å². The van der Waals surface area contributed by atoms with Crippen molar-refractivity contribution in [1.29, 1.82) is 0 Å². The number of unbranched alkanes of at least 4 members (excludes halogenated alkanes) is 8. The fraction of sp³-hybridized carbons (Fsp3) is 0.733. The highest BCUT2D eigenvalue weighted by Gasteiger charge is 1.95. The Hall–Kier alpha value is -1.41. The molecule has 0 aromatic carbocycles. The maximum Gasteiger partial charge on any atom is 0.330 e. The van der Waals surface area contributed by atoms with Gasteiger partial charge in [0.25, 0.3) is 0 Å². The number of isocyanates is 1. The van der Waals surface area contributed by atoms with Crippen molar-refractivity contribution in [3.63, 3.8) is 0 Å². The maximum absolute atomic E-state index is 10.7. The van der Waals surface area contributed by atoms with Gasteiger partial charge in [0, 0.05) is 6.08 Å². The molecular weight excluding hydrogens is 242 g/mol. The molecule has 4 nitrogen and oxygen atoms in total. The fourth-order valence-corrected chi connectivity index (χ4v) is 1.81. The van der Waals surface area contributed by atoms with E-state index in [4.69, 9.17) is 4.74 Å². The molecule has 0 aliphatic rings. The van der Waals surface area contributed by atoms with Crippen LogP contribution in [0.5, 0.6) is 0 Å². The van der Waals surface area contributed by atoms with Gasteiger partial charge < -0.3 is 4.74 Å². The number of rotatable bonds is 13. The van der Waals surface area contributed by atoms with Gasteiger partial charge in [-0.1, -0.05) is 51.5 Å². The number of ether oxygens (including phenoxy) is 1. The van der Waals surface area contributed by atoms with Crippen LogP contribution in [0.3, 0.4) is 0 Å². The van der Waals surface area contributed by atoms with E-state index >= 15 is 0 Å². The van der Waals surface area contributed by atoms with E-state index in [9.17, 15) is 9.59 Å². The first-order valence-electron chi connectivity index (χ1n) is 7.14. The third kappa shape index (κ3) is 14.5. The molecule has 0 saturated heterocycles. The summed E-state index contributed by atoms with van der Waals surface area (Å²) in [6, 6.07) is 0. The summed E-state index contributed by atoms with van der Waals surface area (Å²) in [5, 5.41) is 0. The van der Waals surface area contributed by atoms with Gasteiger partial charge in [-0.05, 0) is 12.8 Å². The number of nitrogens with zero attached hydrogens (tertiary/aromatic N) is 1. The normalized spacial score (nSPS) is 9.68. The number of hydrogen-bond donors (Lipinski definition) is 0. The van der Waals surface area contributed by atoms with Crippen LogP contribution in [0.25, 0.3) is 0 Å². The summed E-state index contributed by atoms with van der Waals surface area (Å²) in [5.41, 5.74) is 0. The van der Waals surface area contributed by atoms with Crippen LogP contribution in [0.4, 0.5) is 0 Å². The van der Waals surface area contributed by atoms with Crippen LogP contribution in [-0.4, -0.2) is 25.2 Å². The van der Waals surface area contributed by atoms with Crippen molar-refractivity contribution in [2.75, 3.05) is 13.2 Å². The summed E-state index contributed by atoms with van der Waals surface area (Å²) >= 11 is 0. The third-order valence-electron chi connectivity index (χ3n) is 2.89. The van der Waals surface area contributed by atoms with E-state index in [2.05, 4.69) is 11.6 Å². The van der Waals surface area contributed by atoms with Gasteiger partial charge >= 0.3 is 5.97 Å². The first-order chi connectivity index (χ1) is 9.31. The highest BCUT2D eigenvalue weighted by Crippen LogP contribution is 2.09. The van der Waals surface area contributed by atoms with Crippen molar-refractivity contribution in [2.45, 2.75) is 57.8 Å². The molecule has 0 radical (unpaired) electrons. The molecule has 0 saturated carbocycles. The second-order valence-electron chi connectivity index (χ2n) is 4.53. The van der Waals surface area contributed by atoms with Crippen molar-refractivity contribution >= 4 is 12.0 Å². The molecule has 0 N–H and O–H groups in total. The Morgan fingerprint density at radius 3 is 2.05 bits per heavy atom. The zero-order valence-electron chi connectivity index (χ0n) is 11.7. The van der Waals surface area contributed by atoms with E-state index < -0.39 is 0 Å². The van der Waals surface area contributed by atoms with Gasteiger partial charge in [-0.25, -0.2) is 14.6 Å². The molecule has 0 aliphatic heterocycles. The Kier molecular flexibility index (Phi) is 13.6. The average Bonchev–Trinajstić information content (AvgIpc) is 2.43. The van der Waals surface area contributed by atoms with Crippen LogP contribution < -0.4 is 0 Å². The highest BCUT2D eigenvalue weighted by molar-refractivity contribution is 5.81. The van der Waals surface area contributed by atoms with Crippen molar-refractivity contribution in [3.8, 4) is 0 Å². The molecule has 0 bridgehead atoms. The van der Waals surface area contributed by atoms with Gasteiger partial charge in [-0.15, -0.1) is 0 Å². The lowest BCUT2D eigenvalue weighted by atomic mass is 10.1. The standard InChI is InChI=1S/C15H25NO3/c1-2-15(18)19-13-11-9-7-5-3-4-6-8-10-12-16-14-17/h2H,1,3-13H2. The van der Waals surface area contributed by atoms with Crippen molar-refractivity contribution in [3.05, 3.63) is 12.7 Å². The largest absolute Gasteiger partial charge is 0.463 e. The number of esters is 1. The van der Waals surface area contributed by atoms with Crippen molar-refractivity contribution < 1.29 is 14.3 Å². The van der Waals surface area contributed by atoms with E-state index in [1.165, 1.54) is 38.2 Å². The first-order valence-corrected chi connectivity index (χ1v) is 7.14. The molecule has 0 rings (SSSR count). The van der Waals surface area contributed by atoms with Crippen LogP contribution in [0.2, 0.25) is 0 Å². The summed E-state index contributed by atoms with van der Waals surface area (Å²) < 4.78 is 4.89. The number of hydrogen-bond acceptors (Lipinski definition) is 4. The minimum atomic E-state index is -0.334. The summed E-state index contributed by atoms with van der Waals surface area (Å²) in [4.78, 5) is 24.1. The molecule has 0 fully saturated rings. The van der Waals surface area contributed by atoms with Crippen LogP contribution in [0.1, 0.15) is 57.8 Å². The lowest BCUT2D eigenvalue weighted by molar-refractivity contribution is -0.137. The molecule has 0 aliphatic carbocycles. The Morgan fingerprint density at radius 1 is 1.00 bits per heavy atom. The van der Waals surface area contributed by atoms with E-state index in [-0.39, 0.29) is 5.97 Å². The average molecular weight is 267 g/mol. The molecular formula is C15H25NO3.